The lowest BCUT2D eigenvalue weighted by Gasteiger charge is -2.21. The molecule has 0 spiro atoms. The molecule has 536 valence electrons. The van der Waals surface area contributed by atoms with E-state index in [4.69, 9.17) is 37.0 Å². The Bertz CT molecular complexity index is 1880. The summed E-state index contributed by atoms with van der Waals surface area (Å²) in [4.78, 5) is 72.6. The normalized spacial score (nSPS) is 14.6. The molecular formula is C72H136O17P2. The van der Waals surface area contributed by atoms with Gasteiger partial charge in [0.15, 0.2) is 12.2 Å². The van der Waals surface area contributed by atoms with Crippen LogP contribution < -0.4 is 0 Å². The first kappa shape index (κ1) is 88.5. The number of carbonyl (C=O) groups is 4. The molecule has 0 aliphatic heterocycles. The van der Waals surface area contributed by atoms with Crippen molar-refractivity contribution < 1.29 is 80.2 Å². The molecular weight excluding hydrogens is 1200 g/mol. The van der Waals surface area contributed by atoms with Gasteiger partial charge in [-0.1, -0.05) is 285 Å². The molecule has 91 heavy (non-hydrogen) atoms. The van der Waals surface area contributed by atoms with Gasteiger partial charge in [-0.2, -0.15) is 0 Å². The van der Waals surface area contributed by atoms with Gasteiger partial charge in [0, 0.05) is 25.7 Å². The molecule has 0 rings (SSSR count). The van der Waals surface area contributed by atoms with E-state index >= 15 is 0 Å². The molecule has 0 aromatic rings. The average molecular weight is 1340 g/mol. The largest absolute Gasteiger partial charge is 0.472 e. The summed E-state index contributed by atoms with van der Waals surface area (Å²) in [5, 5.41) is 10.6. The Morgan fingerprint density at radius 2 is 0.648 bits per heavy atom. The second kappa shape index (κ2) is 62.4. The summed E-state index contributed by atoms with van der Waals surface area (Å²) in [5.74, 6) is 0.0713. The molecule has 0 fully saturated rings. The summed E-state index contributed by atoms with van der Waals surface area (Å²) in [6, 6.07) is 0. The monoisotopic (exact) mass is 1330 g/mol. The number of ether oxygens (including phenoxy) is 4. The number of rotatable bonds is 68. The molecule has 0 aliphatic carbocycles. The lowest BCUT2D eigenvalue weighted by Crippen LogP contribution is -2.30. The average Bonchev–Trinajstić information content (AvgIpc) is 3.32. The molecule has 0 saturated carbocycles. The van der Waals surface area contributed by atoms with Crippen LogP contribution in [-0.4, -0.2) is 96.7 Å². The SMILES string of the molecule is CCCCCC/C=C\C=C/CCCCCCCC(=O)O[C@H](COC(=O)CCCCCCCCC(C)CC)COP(=O)(O)OC[C@H](O)COP(=O)(O)OC[C@@H](COC(=O)CCCCCCCCCCC(C)C)OC(=O)CCCCCCCCCCCCCCC(C)C. The van der Waals surface area contributed by atoms with Crippen molar-refractivity contribution in [2.24, 2.45) is 17.8 Å². The van der Waals surface area contributed by atoms with Crippen LogP contribution in [0.5, 0.6) is 0 Å². The fourth-order valence-corrected chi connectivity index (χ4v) is 11.9. The predicted molar refractivity (Wildman–Crippen MR) is 367 cm³/mol. The Morgan fingerprint density at radius 1 is 0.363 bits per heavy atom. The van der Waals surface area contributed by atoms with Crippen molar-refractivity contribution in [2.45, 2.75) is 356 Å². The van der Waals surface area contributed by atoms with Gasteiger partial charge in [0.1, 0.15) is 19.3 Å². The molecule has 0 saturated heterocycles. The summed E-state index contributed by atoms with van der Waals surface area (Å²) in [6.07, 6.45) is 49.4. The number of phosphoric ester groups is 2. The maximum Gasteiger partial charge on any atom is 0.472 e. The highest BCUT2D eigenvalue weighted by atomic mass is 31.2. The van der Waals surface area contributed by atoms with E-state index < -0.39 is 97.5 Å². The highest BCUT2D eigenvalue weighted by Crippen LogP contribution is 2.45. The molecule has 0 aliphatic rings. The van der Waals surface area contributed by atoms with Crippen LogP contribution in [0.15, 0.2) is 24.3 Å². The van der Waals surface area contributed by atoms with E-state index in [0.29, 0.717) is 25.7 Å². The first-order chi connectivity index (χ1) is 43.8. The molecule has 0 aromatic carbocycles. The minimum Gasteiger partial charge on any atom is -0.462 e. The first-order valence-corrected chi connectivity index (χ1v) is 39.7. The van der Waals surface area contributed by atoms with Crippen molar-refractivity contribution >= 4 is 39.5 Å². The van der Waals surface area contributed by atoms with Crippen LogP contribution in [0, 0.1) is 17.8 Å². The minimum absolute atomic E-state index is 0.0837. The van der Waals surface area contributed by atoms with Gasteiger partial charge in [0.05, 0.1) is 26.4 Å². The summed E-state index contributed by atoms with van der Waals surface area (Å²) >= 11 is 0. The molecule has 19 heteroatoms. The number of unbranched alkanes of at least 4 members (excludes halogenated alkanes) is 32. The first-order valence-electron chi connectivity index (χ1n) is 36.7. The summed E-state index contributed by atoms with van der Waals surface area (Å²) in [7, 11) is -9.92. The predicted octanol–water partition coefficient (Wildman–Crippen LogP) is 20.2. The number of allylic oxidation sites excluding steroid dienone is 4. The number of esters is 4. The number of hydrogen-bond acceptors (Lipinski definition) is 15. The van der Waals surface area contributed by atoms with Crippen molar-refractivity contribution in [3.05, 3.63) is 24.3 Å². The van der Waals surface area contributed by atoms with Crippen LogP contribution in [0.4, 0.5) is 0 Å². The third kappa shape index (κ3) is 64.6. The zero-order chi connectivity index (χ0) is 67.3. The van der Waals surface area contributed by atoms with Crippen molar-refractivity contribution in [1.29, 1.82) is 0 Å². The van der Waals surface area contributed by atoms with Gasteiger partial charge >= 0.3 is 39.5 Å². The highest BCUT2D eigenvalue weighted by molar-refractivity contribution is 7.47. The van der Waals surface area contributed by atoms with E-state index in [0.717, 1.165) is 127 Å². The smallest absolute Gasteiger partial charge is 0.462 e. The van der Waals surface area contributed by atoms with Gasteiger partial charge in [-0.15, -0.1) is 0 Å². The molecule has 3 unspecified atom stereocenters. The fourth-order valence-electron chi connectivity index (χ4n) is 10.3. The van der Waals surface area contributed by atoms with Crippen molar-refractivity contribution in [1.82, 2.24) is 0 Å². The van der Waals surface area contributed by atoms with E-state index in [1.807, 2.05) is 0 Å². The molecule has 0 aromatic heterocycles. The number of hydrogen-bond donors (Lipinski definition) is 3. The zero-order valence-corrected chi connectivity index (χ0v) is 60.6. The Hall–Kier alpha value is -2.46. The molecule has 0 radical (unpaired) electrons. The van der Waals surface area contributed by atoms with Crippen LogP contribution in [0.1, 0.15) is 337 Å². The fraction of sp³-hybridized carbons (Fsp3) is 0.889. The van der Waals surface area contributed by atoms with Gasteiger partial charge in [-0.05, 0) is 69.1 Å². The number of aliphatic hydroxyl groups excluding tert-OH is 1. The van der Waals surface area contributed by atoms with E-state index in [9.17, 15) is 43.2 Å². The minimum atomic E-state index is -4.96. The second-order valence-corrected chi connectivity index (χ2v) is 29.4. The van der Waals surface area contributed by atoms with Crippen LogP contribution >= 0.6 is 15.6 Å². The van der Waals surface area contributed by atoms with Gasteiger partial charge in [0.25, 0.3) is 0 Å². The number of aliphatic hydroxyl groups is 1. The van der Waals surface area contributed by atoms with Crippen LogP contribution in [0.3, 0.4) is 0 Å². The molecule has 0 amide bonds. The third-order valence-corrected chi connectivity index (χ3v) is 18.3. The van der Waals surface area contributed by atoms with Gasteiger partial charge < -0.3 is 33.8 Å². The summed E-state index contributed by atoms with van der Waals surface area (Å²) in [5.41, 5.74) is 0. The van der Waals surface area contributed by atoms with Gasteiger partial charge in [-0.3, -0.25) is 37.3 Å². The molecule has 17 nitrogen and oxygen atoms in total. The second-order valence-electron chi connectivity index (χ2n) is 26.5. The zero-order valence-electron chi connectivity index (χ0n) is 58.8. The maximum absolute atomic E-state index is 13.0. The van der Waals surface area contributed by atoms with Gasteiger partial charge in [-0.25, -0.2) is 9.13 Å². The van der Waals surface area contributed by atoms with Crippen LogP contribution in [0.25, 0.3) is 0 Å². The van der Waals surface area contributed by atoms with E-state index in [-0.39, 0.29) is 25.7 Å². The number of carbonyl (C=O) groups excluding carboxylic acids is 4. The molecule has 6 atom stereocenters. The standard InChI is InChI=1S/C72H136O17P2/c1-8-10-11-12-13-14-15-16-17-18-22-25-32-41-48-55-72(77)89-68(60-83-70(75)54-47-40-35-34-38-45-52-65(7)9-2)62-87-91(80,81)85-58-66(73)57-84-90(78,79)86-61-67(59-82-69(74)53-46-39-31-28-27-30-37-44-51-64(5)6)88-71(76)56-49-42-33-26-23-20-19-21-24-29-36-43-50-63(3)4/h14-17,63-68,73H,8-13,18-62H2,1-7H3,(H,78,79)(H,80,81)/b15-14-,17-16-/t65?,66-,67-,68-/m1/s1. The lowest BCUT2D eigenvalue weighted by molar-refractivity contribution is -0.161. The Morgan fingerprint density at radius 3 is 0.978 bits per heavy atom. The van der Waals surface area contributed by atoms with Crippen LogP contribution in [-0.2, 0) is 65.4 Å². The number of phosphoric acid groups is 2. The summed E-state index contributed by atoms with van der Waals surface area (Å²) in [6.45, 7) is 11.7. The third-order valence-electron chi connectivity index (χ3n) is 16.4. The Labute approximate surface area is 554 Å². The van der Waals surface area contributed by atoms with E-state index in [1.54, 1.807) is 0 Å². The van der Waals surface area contributed by atoms with Crippen molar-refractivity contribution in [3.8, 4) is 0 Å². The van der Waals surface area contributed by atoms with Crippen molar-refractivity contribution in [3.63, 3.8) is 0 Å². The topological polar surface area (TPSA) is 237 Å². The van der Waals surface area contributed by atoms with Crippen LogP contribution in [0.2, 0.25) is 0 Å². The molecule has 3 N–H and O–H groups in total. The molecule has 0 heterocycles. The lowest BCUT2D eigenvalue weighted by atomic mass is 10.00. The highest BCUT2D eigenvalue weighted by Gasteiger charge is 2.30. The van der Waals surface area contributed by atoms with Gasteiger partial charge in [0.2, 0.25) is 0 Å². The Kier molecular flexibility index (Phi) is 60.7. The summed E-state index contributed by atoms with van der Waals surface area (Å²) < 4.78 is 68.3. The molecule has 0 bridgehead atoms. The quantitative estimate of drug-likeness (QED) is 0.0169. The maximum atomic E-state index is 13.0. The van der Waals surface area contributed by atoms with E-state index in [2.05, 4.69) is 72.8 Å². The van der Waals surface area contributed by atoms with E-state index in [1.165, 1.54) is 128 Å². The van der Waals surface area contributed by atoms with Crippen molar-refractivity contribution in [2.75, 3.05) is 39.6 Å². The Balaban J connectivity index is 5.29.